The fourth-order valence-corrected chi connectivity index (χ4v) is 9.85. The molecule has 6 aromatic carbocycles. The standard InChI is InChI=1S/C38H31S2.C8HF17O3S/c1-28-11-9-10-16-38(28)40(35-23-19-33(20-24-35)31-14-7-4-8-15-31)36-25-26-37(29(2)27-36)39-34-21-17-32(18-22-34)30-12-5-3-6-13-30;9-1(10,3(13,14)5(17,18)7(21,22)23)2(11,12)4(15,16)6(19,20)8(24,25)29(26,27)28/h3-27H,1-2H3;(H,26,27,28)/q+1;/p-1. The second-order valence-corrected chi connectivity index (χ2v) is 19.3. The molecule has 0 fully saturated rings. The molecule has 0 aromatic heterocycles. The van der Waals surface area contributed by atoms with E-state index >= 15 is 0 Å². The van der Waals surface area contributed by atoms with E-state index in [0.29, 0.717) is 0 Å². The van der Waals surface area contributed by atoms with Crippen molar-refractivity contribution in [3.63, 3.8) is 0 Å². The molecule has 1 unspecified atom stereocenters. The zero-order chi connectivity index (χ0) is 51.8. The van der Waals surface area contributed by atoms with Crippen LogP contribution in [0.15, 0.2) is 176 Å². The first-order valence-corrected chi connectivity index (χ1v) is 22.7. The third-order valence-electron chi connectivity index (χ3n) is 10.1. The molecular formula is C46H31F17O3S3. The van der Waals surface area contributed by atoms with Gasteiger partial charge in [0, 0.05) is 15.4 Å². The molecule has 1 atom stereocenters. The Kier molecular flexibility index (Phi) is 15.5. The van der Waals surface area contributed by atoms with Gasteiger partial charge in [-0.2, -0.15) is 74.6 Å². The molecule has 0 saturated heterocycles. The highest BCUT2D eigenvalue weighted by Gasteiger charge is 2.95. The van der Waals surface area contributed by atoms with Gasteiger partial charge in [0.2, 0.25) is 0 Å². The van der Waals surface area contributed by atoms with Gasteiger partial charge in [-0.05, 0) is 102 Å². The number of benzene rings is 6. The van der Waals surface area contributed by atoms with Crippen molar-refractivity contribution < 1.29 is 87.6 Å². The highest BCUT2D eigenvalue weighted by Crippen LogP contribution is 2.64. The van der Waals surface area contributed by atoms with E-state index < -0.39 is 57.1 Å². The van der Waals surface area contributed by atoms with Crippen molar-refractivity contribution >= 4 is 32.8 Å². The van der Waals surface area contributed by atoms with Crippen molar-refractivity contribution in [3.05, 3.63) is 163 Å². The van der Waals surface area contributed by atoms with Crippen LogP contribution in [-0.2, 0) is 21.0 Å². The molecule has 0 saturated carbocycles. The van der Waals surface area contributed by atoms with E-state index in [4.69, 9.17) is 0 Å². The number of aryl methyl sites for hydroxylation is 2. The molecule has 6 rings (SSSR count). The topological polar surface area (TPSA) is 57.2 Å². The number of alkyl halides is 17. The Labute approximate surface area is 389 Å². The van der Waals surface area contributed by atoms with Gasteiger partial charge in [0.25, 0.3) is 0 Å². The molecule has 0 radical (unpaired) electrons. The van der Waals surface area contributed by atoms with Crippen molar-refractivity contribution in [2.45, 2.75) is 85.3 Å². The number of rotatable bonds is 14. The van der Waals surface area contributed by atoms with E-state index in [1.54, 1.807) is 0 Å². The number of hydrogen-bond acceptors (Lipinski definition) is 4. The molecule has 0 spiro atoms. The average molecular weight is 1050 g/mol. The quantitative estimate of drug-likeness (QED) is 0.0620. The summed E-state index contributed by atoms with van der Waals surface area (Å²) in [5.74, 6) is -52.1. The SMILES string of the molecule is Cc1cc([S+](c2ccc(-c3ccccc3)cc2)c2ccccc2C)ccc1Sc1ccc(-c2ccccc2)cc1.O=S(=O)([O-])C(F)(F)C(F)(F)C(F)(F)C(F)(F)C(F)(F)C(F)(F)C(F)(F)C(F)(F)F. The van der Waals surface area contributed by atoms with Crippen LogP contribution in [0.2, 0.25) is 0 Å². The summed E-state index contributed by atoms with van der Waals surface area (Å²) in [6.45, 7) is 4.46. The predicted molar refractivity (Wildman–Crippen MR) is 223 cm³/mol. The molecule has 69 heavy (non-hydrogen) atoms. The van der Waals surface area contributed by atoms with Gasteiger partial charge >= 0.3 is 47.0 Å². The first-order valence-electron chi connectivity index (χ1n) is 19.2. The first kappa shape index (κ1) is 54.7. The summed E-state index contributed by atoms with van der Waals surface area (Å²) < 4.78 is 244. The molecular weight excluding hydrogens is 1020 g/mol. The lowest BCUT2D eigenvalue weighted by Crippen LogP contribution is -2.75. The molecule has 0 N–H and O–H groups in total. The molecule has 0 amide bonds. The van der Waals surface area contributed by atoms with Crippen LogP contribution in [0.3, 0.4) is 0 Å². The van der Waals surface area contributed by atoms with Crippen LogP contribution in [0.1, 0.15) is 11.1 Å². The maximum absolute atomic E-state index is 13.0. The zero-order valence-corrected chi connectivity index (χ0v) is 37.3. The van der Waals surface area contributed by atoms with E-state index in [0.717, 1.165) is 0 Å². The Hall–Kier alpha value is -5.26. The van der Waals surface area contributed by atoms with Crippen molar-refractivity contribution in [1.29, 1.82) is 0 Å². The maximum atomic E-state index is 13.0. The van der Waals surface area contributed by atoms with Crippen LogP contribution >= 0.6 is 11.8 Å². The predicted octanol–water partition coefficient (Wildman–Crippen LogP) is 15.4. The Bertz CT molecular complexity index is 2820. The van der Waals surface area contributed by atoms with Crippen molar-refractivity contribution in [2.75, 3.05) is 0 Å². The highest BCUT2D eigenvalue weighted by atomic mass is 32.2. The summed E-state index contributed by atoms with van der Waals surface area (Å²) in [6.07, 6.45) is -7.89. The molecule has 23 heteroatoms. The summed E-state index contributed by atoms with van der Waals surface area (Å²) >= 11 is 1.84. The Balaban J connectivity index is 0.000000274. The van der Waals surface area contributed by atoms with Crippen LogP contribution in [0.25, 0.3) is 22.3 Å². The molecule has 3 nitrogen and oxygen atoms in total. The van der Waals surface area contributed by atoms with E-state index in [9.17, 15) is 87.6 Å². The van der Waals surface area contributed by atoms with Gasteiger partial charge < -0.3 is 4.55 Å². The Morgan fingerprint density at radius 3 is 1.22 bits per heavy atom. The summed E-state index contributed by atoms with van der Waals surface area (Å²) in [5, 5.41) is -7.95. The minimum absolute atomic E-state index is 0.189. The summed E-state index contributed by atoms with van der Waals surface area (Å²) in [4.78, 5) is 6.62. The van der Waals surface area contributed by atoms with E-state index in [1.807, 2.05) is 11.8 Å². The van der Waals surface area contributed by atoms with E-state index in [1.165, 1.54) is 57.9 Å². The molecule has 0 aliphatic rings. The Morgan fingerprint density at radius 1 is 0.420 bits per heavy atom. The van der Waals surface area contributed by atoms with Gasteiger partial charge in [-0.1, -0.05) is 103 Å². The van der Waals surface area contributed by atoms with Gasteiger partial charge in [-0.25, -0.2) is 8.42 Å². The van der Waals surface area contributed by atoms with Gasteiger partial charge in [0.05, 0.1) is 10.9 Å². The van der Waals surface area contributed by atoms with Crippen molar-refractivity contribution in [3.8, 4) is 22.3 Å². The fraction of sp³-hybridized carbons (Fsp3) is 0.217. The lowest BCUT2D eigenvalue weighted by Gasteiger charge is -2.42. The monoisotopic (exact) mass is 1050 g/mol. The zero-order valence-electron chi connectivity index (χ0n) is 34.8. The maximum Gasteiger partial charge on any atom is 0.460 e. The fourth-order valence-electron chi connectivity index (χ4n) is 6.23. The summed E-state index contributed by atoms with van der Waals surface area (Å²) in [7, 11) is -8.33. The van der Waals surface area contributed by atoms with Crippen LogP contribution in [0, 0.1) is 13.8 Å². The van der Waals surface area contributed by atoms with Crippen LogP contribution in [0.4, 0.5) is 74.6 Å². The minimum atomic E-state index is -8.92. The third-order valence-corrected chi connectivity index (χ3v) is 14.5. The number of halogens is 17. The van der Waals surface area contributed by atoms with Crippen LogP contribution in [-0.4, -0.2) is 59.9 Å². The molecule has 0 aliphatic carbocycles. The van der Waals surface area contributed by atoms with Crippen molar-refractivity contribution in [2.24, 2.45) is 0 Å². The van der Waals surface area contributed by atoms with E-state index in [-0.39, 0.29) is 10.9 Å². The summed E-state index contributed by atoms with van der Waals surface area (Å²) in [6, 6.07) is 55.0. The third kappa shape index (κ3) is 10.2. The van der Waals surface area contributed by atoms with Crippen LogP contribution in [0.5, 0.6) is 0 Å². The first-order chi connectivity index (χ1) is 31.7. The van der Waals surface area contributed by atoms with Gasteiger partial charge in [-0.15, -0.1) is 0 Å². The van der Waals surface area contributed by atoms with Gasteiger partial charge in [0.15, 0.2) is 24.8 Å². The second-order valence-electron chi connectivity index (χ2n) is 14.8. The molecule has 0 heterocycles. The average Bonchev–Trinajstić information content (AvgIpc) is 3.28. The largest absolute Gasteiger partial charge is 0.743 e. The molecule has 370 valence electrons. The van der Waals surface area contributed by atoms with Gasteiger partial charge in [-0.3, -0.25) is 0 Å². The number of hydrogen-bond donors (Lipinski definition) is 0. The van der Waals surface area contributed by atoms with Crippen molar-refractivity contribution in [1.82, 2.24) is 0 Å². The lowest BCUT2D eigenvalue weighted by atomic mass is 9.91. The minimum Gasteiger partial charge on any atom is -0.743 e. The normalized spacial score (nSPS) is 13.9. The van der Waals surface area contributed by atoms with Gasteiger partial charge in [0.1, 0.15) is 0 Å². The van der Waals surface area contributed by atoms with Crippen LogP contribution < -0.4 is 0 Å². The molecule has 6 aromatic rings. The second kappa shape index (κ2) is 19.5. The van der Waals surface area contributed by atoms with E-state index in [2.05, 4.69) is 166 Å². The highest BCUT2D eigenvalue weighted by molar-refractivity contribution is 7.99. The molecule has 0 bridgehead atoms. The molecule has 0 aliphatic heterocycles. The Morgan fingerprint density at radius 2 is 0.797 bits per heavy atom. The summed E-state index contributed by atoms with van der Waals surface area (Å²) in [5.41, 5.74) is 7.63. The lowest BCUT2D eigenvalue weighted by molar-refractivity contribution is -0.458. The smallest absolute Gasteiger partial charge is 0.460 e.